The second kappa shape index (κ2) is 9.34. The topological polar surface area (TPSA) is 111 Å². The van der Waals surface area contributed by atoms with Crippen LogP contribution in [-0.2, 0) is 19.6 Å². The summed E-state index contributed by atoms with van der Waals surface area (Å²) in [5.74, 6) is 0.301. The lowest BCUT2D eigenvalue weighted by molar-refractivity contribution is -0.115. The van der Waals surface area contributed by atoms with Crippen LogP contribution in [-0.4, -0.2) is 38.7 Å². The van der Waals surface area contributed by atoms with E-state index in [2.05, 4.69) is 15.2 Å². The molecule has 1 aliphatic heterocycles. The van der Waals surface area contributed by atoms with Gasteiger partial charge in [0, 0.05) is 19.6 Å². The molecule has 1 aromatic carbocycles. The van der Waals surface area contributed by atoms with Gasteiger partial charge in [0.1, 0.15) is 11.4 Å². The van der Waals surface area contributed by atoms with Gasteiger partial charge in [-0.2, -0.15) is 0 Å². The van der Waals surface area contributed by atoms with Gasteiger partial charge >= 0.3 is 0 Å². The number of ether oxygens (including phenoxy) is 1. The van der Waals surface area contributed by atoms with Gasteiger partial charge < -0.3 is 14.6 Å². The largest absolute Gasteiger partial charge is 0.377 e. The summed E-state index contributed by atoms with van der Waals surface area (Å²) in [6.07, 6.45) is 5.57. The van der Waals surface area contributed by atoms with Gasteiger partial charge in [-0.15, -0.1) is 0 Å². The van der Waals surface area contributed by atoms with E-state index in [1.807, 2.05) is 0 Å². The molecule has 9 heteroatoms. The average molecular weight is 420 g/mol. The van der Waals surface area contributed by atoms with Gasteiger partial charge in [-0.25, -0.2) is 13.1 Å². The SMILES string of the molecule is CCC(=O)Nc1c(C)noc1/C=C\c1ccc(S(=O)(=O)NC[C@H]2CCCO2)cc1. The zero-order valence-electron chi connectivity index (χ0n) is 16.5. The molecule has 8 nitrogen and oxygen atoms in total. The molecular weight excluding hydrogens is 394 g/mol. The van der Waals surface area contributed by atoms with Crippen LogP contribution in [0.3, 0.4) is 0 Å². The molecule has 2 heterocycles. The third kappa shape index (κ3) is 5.53. The third-order valence-corrected chi connectivity index (χ3v) is 6.06. The number of carbonyl (C=O) groups is 1. The number of anilines is 1. The number of aryl methyl sites for hydroxylation is 1. The van der Waals surface area contributed by atoms with Crippen LogP contribution in [0.2, 0.25) is 0 Å². The number of hydrogen-bond donors (Lipinski definition) is 2. The summed E-state index contributed by atoms with van der Waals surface area (Å²) in [4.78, 5) is 11.8. The van der Waals surface area contributed by atoms with E-state index in [-0.39, 0.29) is 23.5 Å². The van der Waals surface area contributed by atoms with Gasteiger partial charge in [-0.05, 0) is 43.5 Å². The zero-order valence-corrected chi connectivity index (χ0v) is 17.3. The van der Waals surface area contributed by atoms with Crippen molar-refractivity contribution in [3.8, 4) is 0 Å². The molecule has 1 aromatic heterocycles. The molecule has 0 unspecified atom stereocenters. The summed E-state index contributed by atoms with van der Waals surface area (Å²) < 4.78 is 38.1. The second-order valence-electron chi connectivity index (χ2n) is 6.80. The molecule has 1 saturated heterocycles. The number of rotatable bonds is 8. The molecule has 1 amide bonds. The van der Waals surface area contributed by atoms with Crippen molar-refractivity contribution in [3.05, 3.63) is 41.3 Å². The molecule has 2 aromatic rings. The molecule has 1 atom stereocenters. The molecule has 156 valence electrons. The fourth-order valence-electron chi connectivity index (χ4n) is 2.90. The van der Waals surface area contributed by atoms with Crippen LogP contribution >= 0.6 is 0 Å². The van der Waals surface area contributed by atoms with Gasteiger partial charge in [0.05, 0.1) is 11.0 Å². The zero-order chi connectivity index (χ0) is 20.9. The minimum absolute atomic E-state index is 0.0558. The van der Waals surface area contributed by atoms with Crippen molar-refractivity contribution in [1.29, 1.82) is 0 Å². The van der Waals surface area contributed by atoms with Crippen molar-refractivity contribution < 1.29 is 22.5 Å². The van der Waals surface area contributed by atoms with Gasteiger partial charge in [-0.1, -0.05) is 30.3 Å². The Morgan fingerprint density at radius 1 is 1.28 bits per heavy atom. The standard InChI is InChI=1S/C20H25N3O5S/c1-3-19(24)22-20-14(2)23-28-18(20)11-8-15-6-9-17(10-7-15)29(25,26)21-13-16-5-4-12-27-16/h6-11,16,21H,3-5,12-13H2,1-2H3,(H,22,24)/b11-8-/t16-/m1/s1. The summed E-state index contributed by atoms with van der Waals surface area (Å²) in [5, 5.41) is 6.64. The summed E-state index contributed by atoms with van der Waals surface area (Å²) in [6, 6.07) is 6.49. The molecule has 29 heavy (non-hydrogen) atoms. The Balaban J connectivity index is 1.67. The van der Waals surface area contributed by atoms with Crippen LogP contribution in [0.15, 0.2) is 33.7 Å². The lowest BCUT2D eigenvalue weighted by Crippen LogP contribution is -2.31. The molecule has 0 aliphatic carbocycles. The van der Waals surface area contributed by atoms with Gasteiger partial charge in [0.15, 0.2) is 5.76 Å². The fraction of sp³-hybridized carbons (Fsp3) is 0.400. The molecule has 0 spiro atoms. The number of hydrogen-bond acceptors (Lipinski definition) is 6. The van der Waals surface area contributed by atoms with Crippen molar-refractivity contribution in [2.45, 2.75) is 44.1 Å². The Bertz CT molecular complexity index is 974. The van der Waals surface area contributed by atoms with E-state index < -0.39 is 10.0 Å². The van der Waals surface area contributed by atoms with Crippen LogP contribution in [0.5, 0.6) is 0 Å². The minimum atomic E-state index is -3.58. The third-order valence-electron chi connectivity index (χ3n) is 4.62. The highest BCUT2D eigenvalue weighted by Gasteiger charge is 2.20. The van der Waals surface area contributed by atoms with Crippen LogP contribution in [0.25, 0.3) is 12.2 Å². The van der Waals surface area contributed by atoms with Crippen molar-refractivity contribution in [1.82, 2.24) is 9.88 Å². The van der Waals surface area contributed by atoms with Crippen LogP contribution in [0.1, 0.15) is 43.2 Å². The first-order chi connectivity index (χ1) is 13.9. The van der Waals surface area contributed by atoms with Crippen molar-refractivity contribution in [3.63, 3.8) is 0 Å². The lowest BCUT2D eigenvalue weighted by Gasteiger charge is -2.11. The first-order valence-electron chi connectivity index (χ1n) is 9.54. The molecule has 0 radical (unpaired) electrons. The quantitative estimate of drug-likeness (QED) is 0.681. The average Bonchev–Trinajstić information content (AvgIpc) is 3.36. The Morgan fingerprint density at radius 3 is 2.69 bits per heavy atom. The van der Waals surface area contributed by atoms with E-state index >= 15 is 0 Å². The maximum absolute atomic E-state index is 12.4. The smallest absolute Gasteiger partial charge is 0.240 e. The summed E-state index contributed by atoms with van der Waals surface area (Å²) in [6.45, 7) is 4.47. The highest BCUT2D eigenvalue weighted by atomic mass is 32.2. The Kier molecular flexibility index (Phi) is 6.83. The van der Waals surface area contributed by atoms with Gasteiger partial charge in [0.25, 0.3) is 0 Å². The first-order valence-corrected chi connectivity index (χ1v) is 11.0. The summed E-state index contributed by atoms with van der Waals surface area (Å²) in [5.41, 5.74) is 1.90. The monoisotopic (exact) mass is 419 g/mol. The van der Waals surface area contributed by atoms with Gasteiger partial charge in [-0.3, -0.25) is 4.79 Å². The normalized spacial score (nSPS) is 17.1. The number of sulfonamides is 1. The van der Waals surface area contributed by atoms with Gasteiger partial charge in [0.2, 0.25) is 15.9 Å². The predicted octanol–water partition coefficient (Wildman–Crippen LogP) is 2.96. The minimum Gasteiger partial charge on any atom is -0.377 e. The number of benzene rings is 1. The maximum atomic E-state index is 12.4. The fourth-order valence-corrected chi connectivity index (χ4v) is 3.97. The summed E-state index contributed by atoms with van der Waals surface area (Å²) in [7, 11) is -3.58. The highest BCUT2D eigenvalue weighted by molar-refractivity contribution is 7.89. The molecule has 3 rings (SSSR count). The van der Waals surface area contributed by atoms with Crippen molar-refractivity contribution >= 4 is 33.8 Å². The first kappa shape index (κ1) is 21.2. The lowest BCUT2D eigenvalue weighted by atomic mass is 10.2. The number of amides is 1. The van der Waals surface area contributed by atoms with E-state index in [0.29, 0.717) is 30.2 Å². The van der Waals surface area contributed by atoms with Crippen LogP contribution in [0, 0.1) is 6.92 Å². The number of carbonyl (C=O) groups excluding carboxylic acids is 1. The second-order valence-corrected chi connectivity index (χ2v) is 8.57. The molecule has 1 aliphatic rings. The van der Waals surface area contributed by atoms with E-state index in [1.165, 1.54) is 0 Å². The number of aromatic nitrogens is 1. The molecular formula is C20H25N3O5S. The summed E-state index contributed by atoms with van der Waals surface area (Å²) >= 11 is 0. The predicted molar refractivity (Wildman–Crippen MR) is 110 cm³/mol. The van der Waals surface area contributed by atoms with E-state index in [1.54, 1.807) is 50.3 Å². The Hall–Kier alpha value is -2.49. The van der Waals surface area contributed by atoms with Crippen molar-refractivity contribution in [2.75, 3.05) is 18.5 Å². The molecule has 2 N–H and O–H groups in total. The van der Waals surface area contributed by atoms with Crippen LogP contribution < -0.4 is 10.0 Å². The van der Waals surface area contributed by atoms with E-state index in [0.717, 1.165) is 18.4 Å². The molecule has 1 fully saturated rings. The van der Waals surface area contributed by atoms with E-state index in [4.69, 9.17) is 9.26 Å². The van der Waals surface area contributed by atoms with Crippen molar-refractivity contribution in [2.24, 2.45) is 0 Å². The van der Waals surface area contributed by atoms with E-state index in [9.17, 15) is 13.2 Å². The Labute approximate surface area is 170 Å². The Morgan fingerprint density at radius 2 is 2.03 bits per heavy atom. The highest BCUT2D eigenvalue weighted by Crippen LogP contribution is 2.23. The number of nitrogens with one attached hydrogen (secondary N) is 2. The molecule has 0 saturated carbocycles. The number of nitrogens with zero attached hydrogens (tertiary/aromatic N) is 1. The van der Waals surface area contributed by atoms with Crippen LogP contribution in [0.4, 0.5) is 5.69 Å². The maximum Gasteiger partial charge on any atom is 0.240 e. The molecule has 0 bridgehead atoms.